The third kappa shape index (κ3) is 2.30. The van der Waals surface area contributed by atoms with E-state index in [0.717, 1.165) is 11.3 Å². The zero-order valence-corrected chi connectivity index (χ0v) is 9.53. The van der Waals surface area contributed by atoms with Crippen molar-refractivity contribution in [2.75, 3.05) is 13.7 Å². The van der Waals surface area contributed by atoms with E-state index in [-0.39, 0.29) is 12.5 Å². The van der Waals surface area contributed by atoms with Crippen molar-refractivity contribution in [3.8, 4) is 5.75 Å². The summed E-state index contributed by atoms with van der Waals surface area (Å²) in [5.74, 6) is 0.801. The Bertz CT molecular complexity index is 325. The molecule has 0 aliphatic heterocycles. The summed E-state index contributed by atoms with van der Waals surface area (Å²) < 4.78 is 5.12. The minimum Gasteiger partial charge on any atom is -0.497 e. The van der Waals surface area contributed by atoms with Gasteiger partial charge >= 0.3 is 0 Å². The number of benzene rings is 1. The summed E-state index contributed by atoms with van der Waals surface area (Å²) in [5.41, 5.74) is 5.47. The molecule has 3 N–H and O–H groups in total. The number of nitrogens with two attached hydrogens (primary N) is 1. The van der Waals surface area contributed by atoms with Gasteiger partial charge in [-0.25, -0.2) is 0 Å². The van der Waals surface area contributed by atoms with Crippen LogP contribution in [0.5, 0.6) is 5.75 Å². The molecule has 0 aliphatic carbocycles. The van der Waals surface area contributed by atoms with Gasteiger partial charge in [-0.3, -0.25) is 0 Å². The maximum Gasteiger partial charge on any atom is 0.119 e. The number of hydrogen-bond donors (Lipinski definition) is 2. The molecule has 0 bridgehead atoms. The molecular formula is C12H19NO2. The second-order valence-corrected chi connectivity index (χ2v) is 4.02. The normalized spacial score (nSPS) is 15.1. The minimum atomic E-state index is -0.978. The van der Waals surface area contributed by atoms with Crippen molar-refractivity contribution in [2.45, 2.75) is 19.4 Å². The van der Waals surface area contributed by atoms with Crippen molar-refractivity contribution in [3.05, 3.63) is 29.8 Å². The average molecular weight is 209 g/mol. The Balaban J connectivity index is 3.12. The lowest BCUT2D eigenvalue weighted by Crippen LogP contribution is -2.39. The maximum atomic E-state index is 10.4. The van der Waals surface area contributed by atoms with Gasteiger partial charge in [0.15, 0.2) is 0 Å². The van der Waals surface area contributed by atoms with Crippen molar-refractivity contribution < 1.29 is 9.84 Å². The van der Waals surface area contributed by atoms with Crippen LogP contribution in [0.4, 0.5) is 0 Å². The number of ether oxygens (including phenoxy) is 1. The molecule has 1 aromatic carbocycles. The van der Waals surface area contributed by atoms with Crippen molar-refractivity contribution in [1.29, 1.82) is 0 Å². The Hall–Kier alpha value is -1.06. The molecule has 15 heavy (non-hydrogen) atoms. The van der Waals surface area contributed by atoms with E-state index >= 15 is 0 Å². The third-order valence-electron chi connectivity index (χ3n) is 2.84. The topological polar surface area (TPSA) is 55.5 Å². The van der Waals surface area contributed by atoms with E-state index in [1.165, 1.54) is 0 Å². The molecule has 1 aromatic rings. The number of rotatable bonds is 4. The van der Waals surface area contributed by atoms with Gasteiger partial charge in [-0.05, 0) is 23.6 Å². The van der Waals surface area contributed by atoms with Crippen LogP contribution in [0.15, 0.2) is 24.3 Å². The molecule has 1 unspecified atom stereocenters. The van der Waals surface area contributed by atoms with Gasteiger partial charge < -0.3 is 15.6 Å². The Morgan fingerprint density at radius 3 is 2.60 bits per heavy atom. The minimum absolute atomic E-state index is 0.0645. The molecule has 0 spiro atoms. The second kappa shape index (κ2) is 4.64. The molecule has 0 radical (unpaired) electrons. The van der Waals surface area contributed by atoms with Crippen molar-refractivity contribution in [3.63, 3.8) is 0 Å². The molecule has 1 rings (SSSR count). The Kier molecular flexibility index (Phi) is 3.72. The fourth-order valence-corrected chi connectivity index (χ4v) is 1.58. The molecule has 84 valence electrons. The average Bonchev–Trinajstić information content (AvgIpc) is 2.27. The maximum absolute atomic E-state index is 10.4. The Morgan fingerprint density at radius 2 is 2.13 bits per heavy atom. The van der Waals surface area contributed by atoms with Gasteiger partial charge in [0, 0.05) is 6.54 Å². The summed E-state index contributed by atoms with van der Waals surface area (Å²) in [6.07, 6.45) is 0. The Morgan fingerprint density at radius 1 is 1.47 bits per heavy atom. The molecule has 3 heteroatoms. The van der Waals surface area contributed by atoms with Crippen molar-refractivity contribution in [2.24, 2.45) is 11.7 Å². The molecule has 1 atom stereocenters. The van der Waals surface area contributed by atoms with E-state index in [4.69, 9.17) is 10.5 Å². The van der Waals surface area contributed by atoms with Crippen LogP contribution < -0.4 is 10.5 Å². The van der Waals surface area contributed by atoms with Gasteiger partial charge in [0.1, 0.15) is 11.4 Å². The van der Waals surface area contributed by atoms with Crippen LogP contribution in [-0.4, -0.2) is 18.8 Å². The highest BCUT2D eigenvalue weighted by Crippen LogP contribution is 2.30. The zero-order chi connectivity index (χ0) is 11.5. The van der Waals surface area contributed by atoms with Gasteiger partial charge in [0.25, 0.3) is 0 Å². The monoisotopic (exact) mass is 209 g/mol. The highest BCUT2D eigenvalue weighted by Gasteiger charge is 2.31. The molecule has 0 heterocycles. The van der Waals surface area contributed by atoms with Gasteiger partial charge in [-0.1, -0.05) is 26.0 Å². The van der Waals surface area contributed by atoms with Gasteiger partial charge in [0.05, 0.1) is 7.11 Å². The van der Waals surface area contributed by atoms with Crippen LogP contribution in [0.1, 0.15) is 19.4 Å². The molecule has 0 amide bonds. The lowest BCUT2D eigenvalue weighted by atomic mass is 9.83. The molecule has 3 nitrogen and oxygen atoms in total. The predicted molar refractivity (Wildman–Crippen MR) is 60.8 cm³/mol. The number of hydrogen-bond acceptors (Lipinski definition) is 3. The smallest absolute Gasteiger partial charge is 0.119 e. The molecular weight excluding hydrogens is 190 g/mol. The first-order valence-corrected chi connectivity index (χ1v) is 5.11. The SMILES string of the molecule is COc1cccc(C(O)(CN)C(C)C)c1. The molecule has 0 fully saturated rings. The summed E-state index contributed by atoms with van der Waals surface area (Å²) in [5, 5.41) is 10.4. The van der Waals surface area contributed by atoms with Crippen LogP contribution in [-0.2, 0) is 5.60 Å². The molecule has 0 aromatic heterocycles. The summed E-state index contributed by atoms with van der Waals surface area (Å²) >= 11 is 0. The van der Waals surface area contributed by atoms with Gasteiger partial charge in [0.2, 0.25) is 0 Å². The van der Waals surface area contributed by atoms with Crippen LogP contribution in [0.2, 0.25) is 0 Å². The fourth-order valence-electron chi connectivity index (χ4n) is 1.58. The third-order valence-corrected chi connectivity index (χ3v) is 2.84. The lowest BCUT2D eigenvalue weighted by molar-refractivity contribution is -0.00130. The summed E-state index contributed by atoms with van der Waals surface area (Å²) in [7, 11) is 1.61. The predicted octanol–water partition coefficient (Wildman–Crippen LogP) is 1.50. The number of methoxy groups -OCH3 is 1. The highest BCUT2D eigenvalue weighted by atomic mass is 16.5. The van der Waals surface area contributed by atoms with E-state index in [1.807, 2.05) is 38.1 Å². The Labute approximate surface area is 90.9 Å². The van der Waals surface area contributed by atoms with Crippen LogP contribution in [0.25, 0.3) is 0 Å². The standard InChI is InChI=1S/C12H19NO2/c1-9(2)12(14,8-13)10-5-4-6-11(7-10)15-3/h4-7,9,14H,8,13H2,1-3H3. The first-order chi connectivity index (χ1) is 7.04. The van der Waals surface area contributed by atoms with E-state index < -0.39 is 5.60 Å². The van der Waals surface area contributed by atoms with Crippen LogP contribution in [0.3, 0.4) is 0 Å². The molecule has 0 saturated carbocycles. The van der Waals surface area contributed by atoms with Crippen LogP contribution >= 0.6 is 0 Å². The first-order valence-electron chi connectivity index (χ1n) is 5.11. The first kappa shape index (κ1) is 12.0. The highest BCUT2D eigenvalue weighted by molar-refractivity contribution is 5.32. The van der Waals surface area contributed by atoms with Crippen molar-refractivity contribution in [1.82, 2.24) is 0 Å². The summed E-state index contributed by atoms with van der Waals surface area (Å²) in [4.78, 5) is 0. The fraction of sp³-hybridized carbons (Fsp3) is 0.500. The molecule has 0 saturated heterocycles. The lowest BCUT2D eigenvalue weighted by Gasteiger charge is -2.31. The van der Waals surface area contributed by atoms with Gasteiger partial charge in [-0.2, -0.15) is 0 Å². The largest absolute Gasteiger partial charge is 0.497 e. The van der Waals surface area contributed by atoms with Gasteiger partial charge in [-0.15, -0.1) is 0 Å². The molecule has 0 aliphatic rings. The summed E-state index contributed by atoms with van der Waals surface area (Å²) in [6, 6.07) is 7.40. The van der Waals surface area contributed by atoms with E-state index in [2.05, 4.69) is 0 Å². The quantitative estimate of drug-likeness (QED) is 0.790. The van der Waals surface area contributed by atoms with E-state index in [9.17, 15) is 5.11 Å². The van der Waals surface area contributed by atoms with Crippen molar-refractivity contribution >= 4 is 0 Å². The van der Waals surface area contributed by atoms with E-state index in [1.54, 1.807) is 7.11 Å². The van der Waals surface area contributed by atoms with Crippen LogP contribution in [0, 0.1) is 5.92 Å². The number of aliphatic hydroxyl groups is 1. The zero-order valence-electron chi connectivity index (χ0n) is 9.53. The second-order valence-electron chi connectivity index (χ2n) is 4.02. The summed E-state index contributed by atoms with van der Waals surface area (Å²) in [6.45, 7) is 4.11. The van der Waals surface area contributed by atoms with E-state index in [0.29, 0.717) is 0 Å².